The van der Waals surface area contributed by atoms with Gasteiger partial charge < -0.3 is 10.1 Å². The number of aromatic nitrogens is 1. The third-order valence-electron chi connectivity index (χ3n) is 5.72. The van der Waals surface area contributed by atoms with E-state index < -0.39 is 0 Å². The average molecular weight is 332 g/mol. The second-order valence-electron chi connectivity index (χ2n) is 7.57. The van der Waals surface area contributed by atoms with Gasteiger partial charge in [0.15, 0.2) is 0 Å². The van der Waals surface area contributed by atoms with Crippen LogP contribution in [0.4, 0.5) is 5.69 Å². The maximum Gasteiger partial charge on any atom is 0.342 e. The van der Waals surface area contributed by atoms with E-state index in [-0.39, 0.29) is 5.97 Å². The summed E-state index contributed by atoms with van der Waals surface area (Å²) in [5.74, 6) is 0.510. The first kappa shape index (κ1) is 18.8. The Bertz CT molecular complexity index is 561. The van der Waals surface area contributed by atoms with Crippen molar-refractivity contribution >= 4 is 11.7 Å². The van der Waals surface area contributed by atoms with Crippen LogP contribution in [-0.2, 0) is 4.74 Å². The van der Waals surface area contributed by atoms with Crippen molar-refractivity contribution in [3.05, 3.63) is 23.5 Å². The van der Waals surface area contributed by atoms with Crippen molar-refractivity contribution in [3.63, 3.8) is 0 Å². The predicted molar refractivity (Wildman–Crippen MR) is 98.4 cm³/mol. The highest BCUT2D eigenvalue weighted by molar-refractivity contribution is 5.96. The van der Waals surface area contributed by atoms with E-state index in [0.29, 0.717) is 23.6 Å². The van der Waals surface area contributed by atoms with Gasteiger partial charge >= 0.3 is 5.97 Å². The van der Waals surface area contributed by atoms with Crippen LogP contribution in [0.15, 0.2) is 12.3 Å². The fourth-order valence-corrected chi connectivity index (χ4v) is 3.68. The van der Waals surface area contributed by atoms with E-state index in [4.69, 9.17) is 4.74 Å². The molecule has 1 aromatic heterocycles. The number of nitrogens with one attached hydrogen (secondary N) is 1. The van der Waals surface area contributed by atoms with Crippen LogP contribution in [0.2, 0.25) is 0 Å². The minimum atomic E-state index is -0.286. The maximum absolute atomic E-state index is 12.2. The van der Waals surface area contributed by atoms with Gasteiger partial charge in [0.25, 0.3) is 0 Å². The highest BCUT2D eigenvalue weighted by atomic mass is 16.5. The molecule has 24 heavy (non-hydrogen) atoms. The number of carbonyl (C=O) groups excluding carboxylic acids is 1. The van der Waals surface area contributed by atoms with E-state index in [1.165, 1.54) is 19.3 Å². The fourth-order valence-electron chi connectivity index (χ4n) is 3.68. The number of anilines is 1. The minimum absolute atomic E-state index is 0.286. The first-order valence-electron chi connectivity index (χ1n) is 9.28. The molecule has 2 rings (SSSR count). The van der Waals surface area contributed by atoms with Gasteiger partial charge in [0.05, 0.1) is 18.0 Å². The van der Waals surface area contributed by atoms with Crippen LogP contribution in [0, 0.1) is 18.3 Å². The van der Waals surface area contributed by atoms with Crippen molar-refractivity contribution in [2.24, 2.45) is 11.3 Å². The average Bonchev–Trinajstić information content (AvgIpc) is 2.55. The molecule has 0 atom stereocenters. The van der Waals surface area contributed by atoms with Crippen LogP contribution in [-0.4, -0.2) is 23.6 Å². The SMILES string of the molecule is CCOC(=O)c1c(N[C@H]2CC[C@@H](C(C)(C)CC)CC2)ccnc1C. The van der Waals surface area contributed by atoms with Crippen LogP contribution < -0.4 is 5.32 Å². The maximum atomic E-state index is 12.2. The number of ether oxygens (including phenoxy) is 1. The number of hydrogen-bond acceptors (Lipinski definition) is 4. The van der Waals surface area contributed by atoms with Crippen molar-refractivity contribution in [1.82, 2.24) is 4.98 Å². The Morgan fingerprint density at radius 3 is 2.54 bits per heavy atom. The Hall–Kier alpha value is -1.58. The molecule has 0 aromatic carbocycles. The molecule has 1 fully saturated rings. The molecule has 0 bridgehead atoms. The Balaban J connectivity index is 2.05. The monoisotopic (exact) mass is 332 g/mol. The van der Waals surface area contributed by atoms with Gasteiger partial charge in [0.1, 0.15) is 5.56 Å². The van der Waals surface area contributed by atoms with Crippen LogP contribution in [0.1, 0.15) is 75.9 Å². The molecule has 1 aromatic rings. The Morgan fingerprint density at radius 2 is 1.96 bits per heavy atom. The predicted octanol–water partition coefficient (Wildman–Crippen LogP) is 4.97. The summed E-state index contributed by atoms with van der Waals surface area (Å²) in [4.78, 5) is 16.5. The molecule has 0 spiro atoms. The lowest BCUT2D eigenvalue weighted by molar-refractivity contribution is 0.0526. The summed E-state index contributed by atoms with van der Waals surface area (Å²) in [6.07, 6.45) is 7.78. The molecule has 4 heteroatoms. The van der Waals surface area contributed by atoms with Crippen LogP contribution in [0.5, 0.6) is 0 Å². The Kier molecular flexibility index (Phi) is 6.25. The summed E-state index contributed by atoms with van der Waals surface area (Å²) in [6.45, 7) is 11.1. The number of hydrogen-bond donors (Lipinski definition) is 1. The minimum Gasteiger partial charge on any atom is -0.462 e. The summed E-state index contributed by atoms with van der Waals surface area (Å²) in [5.41, 5.74) is 2.59. The van der Waals surface area contributed by atoms with E-state index in [1.54, 1.807) is 6.20 Å². The van der Waals surface area contributed by atoms with Crippen molar-refractivity contribution in [3.8, 4) is 0 Å². The lowest BCUT2D eigenvalue weighted by atomic mass is 9.69. The van der Waals surface area contributed by atoms with Crippen LogP contribution >= 0.6 is 0 Å². The third kappa shape index (κ3) is 4.28. The van der Waals surface area contributed by atoms with E-state index in [1.807, 2.05) is 19.9 Å². The summed E-state index contributed by atoms with van der Waals surface area (Å²) in [6, 6.07) is 2.31. The molecule has 1 aliphatic rings. The lowest BCUT2D eigenvalue weighted by Crippen LogP contribution is -2.33. The zero-order chi connectivity index (χ0) is 17.7. The van der Waals surface area contributed by atoms with Crippen LogP contribution in [0.3, 0.4) is 0 Å². The smallest absolute Gasteiger partial charge is 0.342 e. The summed E-state index contributed by atoms with van der Waals surface area (Å²) < 4.78 is 5.20. The van der Waals surface area contributed by atoms with Crippen molar-refractivity contribution in [2.75, 3.05) is 11.9 Å². The zero-order valence-electron chi connectivity index (χ0n) is 15.8. The van der Waals surface area contributed by atoms with Gasteiger partial charge in [-0.05, 0) is 56.9 Å². The number of pyridine rings is 1. The molecular weight excluding hydrogens is 300 g/mol. The number of aryl methyl sites for hydroxylation is 1. The molecular formula is C20H32N2O2. The quantitative estimate of drug-likeness (QED) is 0.747. The van der Waals surface area contributed by atoms with E-state index >= 15 is 0 Å². The molecule has 134 valence electrons. The van der Waals surface area contributed by atoms with E-state index in [2.05, 4.69) is 31.1 Å². The first-order valence-corrected chi connectivity index (χ1v) is 9.28. The Labute approximate surface area is 146 Å². The van der Waals surface area contributed by atoms with Gasteiger partial charge in [-0.15, -0.1) is 0 Å². The standard InChI is InChI=1S/C20H32N2O2/c1-6-20(4,5)15-8-10-16(11-9-15)22-17-12-13-21-14(3)18(17)19(23)24-7-2/h12-13,15-16H,6-11H2,1-5H3,(H,21,22)/t15-,16+. The summed E-state index contributed by atoms with van der Waals surface area (Å²) >= 11 is 0. The summed E-state index contributed by atoms with van der Waals surface area (Å²) in [5, 5.41) is 3.58. The number of esters is 1. The molecule has 0 radical (unpaired) electrons. The van der Waals surface area contributed by atoms with Gasteiger partial charge in [-0.1, -0.05) is 27.2 Å². The normalized spacial score (nSPS) is 21.4. The highest BCUT2D eigenvalue weighted by Crippen LogP contribution is 2.41. The molecule has 0 unspecified atom stereocenters. The van der Waals surface area contributed by atoms with Crippen LogP contribution in [0.25, 0.3) is 0 Å². The van der Waals surface area contributed by atoms with Gasteiger partial charge in [-0.2, -0.15) is 0 Å². The molecule has 0 saturated heterocycles. The van der Waals surface area contributed by atoms with Gasteiger partial charge in [0, 0.05) is 12.2 Å². The molecule has 4 nitrogen and oxygen atoms in total. The van der Waals surface area contributed by atoms with Gasteiger partial charge in [0.2, 0.25) is 0 Å². The van der Waals surface area contributed by atoms with Crippen molar-refractivity contribution in [1.29, 1.82) is 0 Å². The molecule has 1 aliphatic carbocycles. The number of carbonyl (C=O) groups is 1. The molecule has 1 saturated carbocycles. The number of nitrogens with zero attached hydrogens (tertiary/aromatic N) is 1. The summed E-state index contributed by atoms with van der Waals surface area (Å²) in [7, 11) is 0. The van der Waals surface area contributed by atoms with Crippen molar-refractivity contribution in [2.45, 2.75) is 72.8 Å². The van der Waals surface area contributed by atoms with Crippen molar-refractivity contribution < 1.29 is 9.53 Å². The Morgan fingerprint density at radius 1 is 1.29 bits per heavy atom. The fraction of sp³-hybridized carbons (Fsp3) is 0.700. The molecule has 0 amide bonds. The van der Waals surface area contributed by atoms with Gasteiger partial charge in [-0.3, -0.25) is 4.98 Å². The topological polar surface area (TPSA) is 51.2 Å². The second kappa shape index (κ2) is 8.00. The van der Waals surface area contributed by atoms with E-state index in [9.17, 15) is 4.79 Å². The second-order valence-corrected chi connectivity index (χ2v) is 7.57. The first-order chi connectivity index (χ1) is 11.4. The highest BCUT2D eigenvalue weighted by Gasteiger charge is 2.32. The third-order valence-corrected chi connectivity index (χ3v) is 5.72. The van der Waals surface area contributed by atoms with Gasteiger partial charge in [-0.25, -0.2) is 4.79 Å². The number of rotatable bonds is 6. The largest absolute Gasteiger partial charge is 0.462 e. The zero-order valence-corrected chi connectivity index (χ0v) is 15.8. The molecule has 1 heterocycles. The van der Waals surface area contributed by atoms with E-state index in [0.717, 1.165) is 30.1 Å². The lowest BCUT2D eigenvalue weighted by Gasteiger charge is -2.39. The molecule has 1 N–H and O–H groups in total. The molecule has 0 aliphatic heterocycles.